The zero-order valence-corrected chi connectivity index (χ0v) is 15.2. The molecule has 3 rings (SSSR count). The number of aromatic nitrogens is 3. The average molecular weight is 345 g/mol. The average Bonchev–Trinajstić information content (AvgIpc) is 3.20. The summed E-state index contributed by atoms with van der Waals surface area (Å²) in [6.07, 6.45) is 4.84. The lowest BCUT2D eigenvalue weighted by atomic mass is 10.0. The van der Waals surface area contributed by atoms with Crippen LogP contribution in [0.3, 0.4) is 0 Å². The lowest BCUT2D eigenvalue weighted by molar-refractivity contribution is -0.121. The van der Waals surface area contributed by atoms with E-state index in [1.807, 2.05) is 13.0 Å². The van der Waals surface area contributed by atoms with E-state index in [-0.39, 0.29) is 17.9 Å². The summed E-state index contributed by atoms with van der Waals surface area (Å²) in [6, 6.07) is 1.90. The number of amides is 1. The fraction of sp³-hybridized carbons (Fsp3) is 0.611. The minimum Gasteiger partial charge on any atom is -0.472 e. The fourth-order valence-corrected chi connectivity index (χ4v) is 3.22. The standard InChI is InChI=1S/C18H27N5O2/c1-4-16(24)19-17(13(2)3)18-21-20-15-5-7-22(8-9-23(15)18)11-14-6-10-25-12-14/h6,10,12-13,17H,4-5,7-9,11H2,1-3H3,(H,19,24). The van der Waals surface area contributed by atoms with E-state index in [2.05, 4.69) is 38.8 Å². The molecule has 1 N–H and O–H groups in total. The minimum absolute atomic E-state index is 0.0475. The van der Waals surface area contributed by atoms with Crippen molar-refractivity contribution in [1.82, 2.24) is 25.0 Å². The number of fused-ring (bicyclic) bond motifs is 1. The van der Waals surface area contributed by atoms with Gasteiger partial charge >= 0.3 is 0 Å². The van der Waals surface area contributed by atoms with Gasteiger partial charge in [-0.15, -0.1) is 10.2 Å². The fourth-order valence-electron chi connectivity index (χ4n) is 3.22. The molecule has 0 fully saturated rings. The molecule has 2 aromatic rings. The summed E-state index contributed by atoms with van der Waals surface area (Å²) >= 11 is 0. The summed E-state index contributed by atoms with van der Waals surface area (Å²) in [4.78, 5) is 14.3. The van der Waals surface area contributed by atoms with Crippen molar-refractivity contribution in [2.24, 2.45) is 5.92 Å². The normalized spacial score (nSPS) is 16.5. The second-order valence-corrected chi connectivity index (χ2v) is 6.93. The molecule has 0 saturated heterocycles. The van der Waals surface area contributed by atoms with Gasteiger partial charge in [0.25, 0.3) is 0 Å². The maximum Gasteiger partial charge on any atom is 0.220 e. The van der Waals surface area contributed by atoms with Gasteiger partial charge in [0.2, 0.25) is 5.91 Å². The van der Waals surface area contributed by atoms with Crippen LogP contribution in [0.5, 0.6) is 0 Å². The van der Waals surface area contributed by atoms with Gasteiger partial charge in [0.15, 0.2) is 5.82 Å². The monoisotopic (exact) mass is 345 g/mol. The van der Waals surface area contributed by atoms with Gasteiger partial charge in [-0.05, 0) is 12.0 Å². The Kier molecular flexibility index (Phi) is 5.53. The maximum absolute atomic E-state index is 11.9. The van der Waals surface area contributed by atoms with Crippen molar-refractivity contribution < 1.29 is 9.21 Å². The number of nitrogens with zero attached hydrogens (tertiary/aromatic N) is 4. The first-order valence-electron chi connectivity index (χ1n) is 9.03. The van der Waals surface area contributed by atoms with E-state index >= 15 is 0 Å². The molecule has 1 aliphatic rings. The summed E-state index contributed by atoms with van der Waals surface area (Å²) in [5.74, 6) is 2.18. The molecule has 7 heteroatoms. The third kappa shape index (κ3) is 4.10. The minimum atomic E-state index is -0.103. The number of nitrogens with one attached hydrogen (secondary N) is 1. The Morgan fingerprint density at radius 1 is 1.32 bits per heavy atom. The molecule has 0 aromatic carbocycles. The van der Waals surface area contributed by atoms with Crippen LogP contribution in [-0.2, 0) is 24.3 Å². The van der Waals surface area contributed by atoms with Gasteiger partial charge < -0.3 is 14.3 Å². The molecule has 1 amide bonds. The second-order valence-electron chi connectivity index (χ2n) is 6.93. The molecule has 7 nitrogen and oxygen atoms in total. The molecule has 0 radical (unpaired) electrons. The first-order chi connectivity index (χ1) is 12.1. The molecule has 136 valence electrons. The lowest BCUT2D eigenvalue weighted by Gasteiger charge is -2.23. The van der Waals surface area contributed by atoms with Crippen molar-refractivity contribution in [3.05, 3.63) is 35.8 Å². The van der Waals surface area contributed by atoms with Crippen molar-refractivity contribution >= 4 is 5.91 Å². The van der Waals surface area contributed by atoms with E-state index in [0.29, 0.717) is 6.42 Å². The van der Waals surface area contributed by atoms with E-state index in [1.54, 1.807) is 12.5 Å². The van der Waals surface area contributed by atoms with Gasteiger partial charge in [0.1, 0.15) is 5.82 Å². The van der Waals surface area contributed by atoms with E-state index in [1.165, 1.54) is 5.56 Å². The predicted molar refractivity (Wildman–Crippen MR) is 93.7 cm³/mol. The van der Waals surface area contributed by atoms with Crippen LogP contribution >= 0.6 is 0 Å². The number of hydrogen-bond acceptors (Lipinski definition) is 5. The number of rotatable bonds is 6. The zero-order valence-electron chi connectivity index (χ0n) is 15.2. The van der Waals surface area contributed by atoms with Gasteiger partial charge in [-0.2, -0.15) is 0 Å². The van der Waals surface area contributed by atoms with Gasteiger partial charge in [-0.1, -0.05) is 20.8 Å². The molecule has 0 saturated carbocycles. The Labute approximate surface area is 148 Å². The third-order valence-electron chi connectivity index (χ3n) is 4.72. The molecule has 1 aliphatic heterocycles. The van der Waals surface area contributed by atoms with Crippen LogP contribution in [0.15, 0.2) is 23.0 Å². The molecule has 25 heavy (non-hydrogen) atoms. The highest BCUT2D eigenvalue weighted by Crippen LogP contribution is 2.23. The summed E-state index contributed by atoms with van der Waals surface area (Å²) < 4.78 is 7.35. The van der Waals surface area contributed by atoms with Crippen LogP contribution in [-0.4, -0.2) is 38.7 Å². The third-order valence-corrected chi connectivity index (χ3v) is 4.72. The summed E-state index contributed by atoms with van der Waals surface area (Å²) in [5, 5.41) is 11.9. The maximum atomic E-state index is 11.9. The molecule has 1 unspecified atom stereocenters. The van der Waals surface area contributed by atoms with Crippen molar-refractivity contribution in [3.63, 3.8) is 0 Å². The summed E-state index contributed by atoms with van der Waals surface area (Å²) in [5.41, 5.74) is 1.19. The highest BCUT2D eigenvalue weighted by molar-refractivity contribution is 5.75. The quantitative estimate of drug-likeness (QED) is 0.868. The van der Waals surface area contributed by atoms with Gasteiger partial charge in [0.05, 0.1) is 18.6 Å². The highest BCUT2D eigenvalue weighted by atomic mass is 16.3. The van der Waals surface area contributed by atoms with E-state index in [4.69, 9.17) is 4.42 Å². The molecule has 0 aliphatic carbocycles. The van der Waals surface area contributed by atoms with Crippen LogP contribution < -0.4 is 5.32 Å². The van der Waals surface area contributed by atoms with Crippen molar-refractivity contribution in [2.45, 2.75) is 52.7 Å². The molecular formula is C18H27N5O2. The Bertz CT molecular complexity index is 692. The number of carbonyl (C=O) groups excluding carboxylic acids is 1. The first kappa shape index (κ1) is 17.7. The van der Waals surface area contributed by atoms with Gasteiger partial charge in [0, 0.05) is 44.6 Å². The Morgan fingerprint density at radius 3 is 2.84 bits per heavy atom. The Hall–Kier alpha value is -2.15. The van der Waals surface area contributed by atoms with Gasteiger partial charge in [-0.3, -0.25) is 9.69 Å². The molecule has 1 atom stereocenters. The summed E-state index contributed by atoms with van der Waals surface area (Å²) in [6.45, 7) is 9.65. The van der Waals surface area contributed by atoms with Crippen LogP contribution in [0, 0.1) is 5.92 Å². The van der Waals surface area contributed by atoms with Crippen molar-refractivity contribution in [1.29, 1.82) is 0 Å². The molecular weight excluding hydrogens is 318 g/mol. The Balaban J connectivity index is 1.74. The second kappa shape index (κ2) is 7.82. The first-order valence-corrected chi connectivity index (χ1v) is 9.03. The SMILES string of the molecule is CCC(=O)NC(c1nnc2n1CCN(Cc1ccoc1)CC2)C(C)C. The summed E-state index contributed by atoms with van der Waals surface area (Å²) in [7, 11) is 0. The number of hydrogen-bond donors (Lipinski definition) is 1. The Morgan fingerprint density at radius 2 is 2.16 bits per heavy atom. The van der Waals surface area contributed by atoms with E-state index in [9.17, 15) is 4.79 Å². The van der Waals surface area contributed by atoms with Crippen LogP contribution in [0.1, 0.15) is 50.4 Å². The van der Waals surface area contributed by atoms with E-state index < -0.39 is 0 Å². The van der Waals surface area contributed by atoms with Crippen LogP contribution in [0.25, 0.3) is 0 Å². The topological polar surface area (TPSA) is 76.2 Å². The predicted octanol–water partition coefficient (Wildman–Crippen LogP) is 2.15. The molecule has 2 aromatic heterocycles. The van der Waals surface area contributed by atoms with Crippen molar-refractivity contribution in [3.8, 4) is 0 Å². The van der Waals surface area contributed by atoms with Gasteiger partial charge in [-0.25, -0.2) is 0 Å². The van der Waals surface area contributed by atoms with Crippen molar-refractivity contribution in [2.75, 3.05) is 13.1 Å². The lowest BCUT2D eigenvalue weighted by Crippen LogP contribution is -2.34. The van der Waals surface area contributed by atoms with Crippen LogP contribution in [0.4, 0.5) is 0 Å². The molecule has 3 heterocycles. The number of furan rings is 1. The smallest absolute Gasteiger partial charge is 0.220 e. The largest absolute Gasteiger partial charge is 0.472 e. The number of carbonyl (C=O) groups is 1. The molecule has 0 bridgehead atoms. The highest BCUT2D eigenvalue weighted by Gasteiger charge is 2.27. The zero-order chi connectivity index (χ0) is 17.8. The van der Waals surface area contributed by atoms with E-state index in [0.717, 1.165) is 44.2 Å². The molecule has 0 spiro atoms. The van der Waals surface area contributed by atoms with Crippen LogP contribution in [0.2, 0.25) is 0 Å².